The third-order valence-corrected chi connectivity index (χ3v) is 4.15. The summed E-state index contributed by atoms with van der Waals surface area (Å²) in [5, 5.41) is 0. The van der Waals surface area contributed by atoms with E-state index in [1.165, 1.54) is 23.8 Å². The zero-order chi connectivity index (χ0) is 20.3. The molecule has 0 saturated heterocycles. The number of esters is 2. The number of ether oxygens (including phenoxy) is 2. The van der Waals surface area contributed by atoms with Crippen molar-refractivity contribution in [2.75, 3.05) is 13.2 Å². The standard InChI is InChI=1S/C19H22N2O6/c1-6-26-19(25)16-10(2)17(20-11(16)3)15(23)9-27-18(24)14-7-13(12(4)22)8-21(14)5/h7-8,20H,6,9H2,1-5H3. The highest BCUT2D eigenvalue weighted by molar-refractivity contribution is 6.03. The maximum atomic E-state index is 12.4. The van der Waals surface area contributed by atoms with Crippen molar-refractivity contribution in [1.82, 2.24) is 9.55 Å². The molecule has 8 heteroatoms. The molecule has 0 unspecified atom stereocenters. The second-order valence-electron chi connectivity index (χ2n) is 6.13. The highest BCUT2D eigenvalue weighted by Crippen LogP contribution is 2.20. The molecule has 8 nitrogen and oxygen atoms in total. The number of carbonyl (C=O) groups excluding carboxylic acids is 4. The second kappa shape index (κ2) is 8.03. The summed E-state index contributed by atoms with van der Waals surface area (Å²) in [6.07, 6.45) is 1.52. The number of rotatable bonds is 7. The van der Waals surface area contributed by atoms with Gasteiger partial charge in [-0.15, -0.1) is 0 Å². The first kappa shape index (κ1) is 20.2. The highest BCUT2D eigenvalue weighted by atomic mass is 16.5. The second-order valence-corrected chi connectivity index (χ2v) is 6.13. The van der Waals surface area contributed by atoms with Crippen LogP contribution in [0.15, 0.2) is 12.3 Å². The summed E-state index contributed by atoms with van der Waals surface area (Å²) in [7, 11) is 1.61. The van der Waals surface area contributed by atoms with Gasteiger partial charge < -0.3 is 19.0 Å². The molecular formula is C19H22N2O6. The monoisotopic (exact) mass is 374 g/mol. The lowest BCUT2D eigenvalue weighted by Gasteiger charge is -2.05. The third-order valence-electron chi connectivity index (χ3n) is 4.15. The Balaban J connectivity index is 2.12. The molecule has 2 rings (SSSR count). The van der Waals surface area contributed by atoms with Gasteiger partial charge in [0.1, 0.15) is 5.69 Å². The average molecular weight is 374 g/mol. The van der Waals surface area contributed by atoms with Crippen LogP contribution in [0.5, 0.6) is 0 Å². The van der Waals surface area contributed by atoms with Gasteiger partial charge in [0.15, 0.2) is 12.4 Å². The molecule has 2 aromatic heterocycles. The van der Waals surface area contributed by atoms with E-state index < -0.39 is 24.3 Å². The number of H-pyrrole nitrogens is 1. The summed E-state index contributed by atoms with van der Waals surface area (Å²) < 4.78 is 11.5. The number of ketones is 2. The average Bonchev–Trinajstić information content (AvgIpc) is 3.12. The number of hydrogen-bond acceptors (Lipinski definition) is 6. The Bertz CT molecular complexity index is 919. The van der Waals surface area contributed by atoms with Gasteiger partial charge in [0.25, 0.3) is 0 Å². The summed E-state index contributed by atoms with van der Waals surface area (Å²) in [5.74, 6) is -1.88. The summed E-state index contributed by atoms with van der Waals surface area (Å²) >= 11 is 0. The molecule has 1 N–H and O–H groups in total. The van der Waals surface area contributed by atoms with Crippen LogP contribution in [0.1, 0.15) is 66.8 Å². The lowest BCUT2D eigenvalue weighted by Crippen LogP contribution is -2.17. The Morgan fingerprint density at radius 3 is 2.33 bits per heavy atom. The van der Waals surface area contributed by atoms with Crippen molar-refractivity contribution in [2.24, 2.45) is 7.05 Å². The molecule has 0 aliphatic rings. The number of nitrogens with one attached hydrogen (secondary N) is 1. The van der Waals surface area contributed by atoms with Crippen LogP contribution in [-0.2, 0) is 16.5 Å². The smallest absolute Gasteiger partial charge is 0.355 e. The maximum absolute atomic E-state index is 12.4. The quantitative estimate of drug-likeness (QED) is 0.589. The number of nitrogens with zero attached hydrogens (tertiary/aromatic N) is 1. The molecule has 0 atom stereocenters. The van der Waals surface area contributed by atoms with E-state index >= 15 is 0 Å². The number of aryl methyl sites for hydroxylation is 2. The molecule has 0 aliphatic heterocycles. The minimum atomic E-state index is -0.718. The molecule has 2 aromatic rings. The lowest BCUT2D eigenvalue weighted by molar-refractivity contribution is 0.0463. The van der Waals surface area contributed by atoms with Gasteiger partial charge in [-0.3, -0.25) is 9.59 Å². The summed E-state index contributed by atoms with van der Waals surface area (Å²) in [6, 6.07) is 1.41. The molecule has 27 heavy (non-hydrogen) atoms. The van der Waals surface area contributed by atoms with Gasteiger partial charge in [-0.2, -0.15) is 0 Å². The van der Waals surface area contributed by atoms with E-state index in [0.717, 1.165) is 0 Å². The Labute approximate surface area is 156 Å². The predicted molar refractivity (Wildman–Crippen MR) is 96.3 cm³/mol. The Kier molecular flexibility index (Phi) is 5.99. The van der Waals surface area contributed by atoms with E-state index in [-0.39, 0.29) is 23.8 Å². The zero-order valence-electron chi connectivity index (χ0n) is 16.0. The number of aromatic nitrogens is 2. The summed E-state index contributed by atoms with van der Waals surface area (Å²) in [5.41, 5.74) is 2.00. The number of Topliss-reactive ketones (excluding diaryl/α,β-unsaturated/α-hetero) is 2. The first-order chi connectivity index (χ1) is 12.7. The molecule has 0 bridgehead atoms. The largest absolute Gasteiger partial charge is 0.462 e. The minimum absolute atomic E-state index is 0.166. The van der Waals surface area contributed by atoms with Gasteiger partial charge in [0, 0.05) is 24.5 Å². The van der Waals surface area contributed by atoms with E-state index in [2.05, 4.69) is 4.98 Å². The van der Waals surface area contributed by atoms with E-state index in [1.807, 2.05) is 0 Å². The molecule has 0 radical (unpaired) electrons. The molecule has 0 aromatic carbocycles. The van der Waals surface area contributed by atoms with Crippen LogP contribution < -0.4 is 0 Å². The SMILES string of the molecule is CCOC(=O)c1c(C)[nH]c(C(=O)COC(=O)c2cc(C(C)=O)cn2C)c1C. The fourth-order valence-electron chi connectivity index (χ4n) is 2.78. The summed E-state index contributed by atoms with van der Waals surface area (Å²) in [6.45, 7) is 6.11. The number of carbonyl (C=O) groups is 4. The molecule has 144 valence electrons. The maximum Gasteiger partial charge on any atom is 0.355 e. The summed E-state index contributed by atoms with van der Waals surface area (Å²) in [4.78, 5) is 50.9. The zero-order valence-corrected chi connectivity index (χ0v) is 16.0. The number of aromatic amines is 1. The van der Waals surface area contributed by atoms with Gasteiger partial charge >= 0.3 is 11.9 Å². The van der Waals surface area contributed by atoms with Gasteiger partial charge in [0.2, 0.25) is 5.78 Å². The lowest BCUT2D eigenvalue weighted by atomic mass is 10.1. The van der Waals surface area contributed by atoms with Crippen LogP contribution in [0, 0.1) is 13.8 Å². The van der Waals surface area contributed by atoms with Crippen molar-refractivity contribution in [3.63, 3.8) is 0 Å². The molecule has 0 aliphatic carbocycles. The first-order valence-corrected chi connectivity index (χ1v) is 8.41. The number of hydrogen-bond donors (Lipinski definition) is 1. The van der Waals surface area contributed by atoms with Gasteiger partial charge in [-0.1, -0.05) is 0 Å². The molecular weight excluding hydrogens is 352 g/mol. The van der Waals surface area contributed by atoms with Crippen LogP contribution in [0.25, 0.3) is 0 Å². The van der Waals surface area contributed by atoms with E-state index in [4.69, 9.17) is 9.47 Å². The van der Waals surface area contributed by atoms with Crippen LogP contribution in [0.3, 0.4) is 0 Å². The van der Waals surface area contributed by atoms with Crippen LogP contribution in [0.2, 0.25) is 0 Å². The minimum Gasteiger partial charge on any atom is -0.462 e. The van der Waals surface area contributed by atoms with Crippen molar-refractivity contribution < 1.29 is 28.7 Å². The van der Waals surface area contributed by atoms with Gasteiger partial charge in [-0.25, -0.2) is 9.59 Å². The van der Waals surface area contributed by atoms with E-state index in [0.29, 0.717) is 22.4 Å². The molecule has 0 fully saturated rings. The molecule has 0 spiro atoms. The van der Waals surface area contributed by atoms with Crippen molar-refractivity contribution in [3.8, 4) is 0 Å². The van der Waals surface area contributed by atoms with Crippen LogP contribution >= 0.6 is 0 Å². The predicted octanol–water partition coefficient (Wildman–Crippen LogP) is 2.39. The normalized spacial score (nSPS) is 10.6. The topological polar surface area (TPSA) is 107 Å². The Morgan fingerprint density at radius 2 is 1.78 bits per heavy atom. The third kappa shape index (κ3) is 4.16. The van der Waals surface area contributed by atoms with Crippen LogP contribution in [-0.4, -0.2) is 46.3 Å². The molecule has 2 heterocycles. The van der Waals surface area contributed by atoms with Crippen molar-refractivity contribution >= 4 is 23.5 Å². The Morgan fingerprint density at radius 1 is 1.11 bits per heavy atom. The first-order valence-electron chi connectivity index (χ1n) is 8.41. The van der Waals surface area contributed by atoms with Crippen molar-refractivity contribution in [2.45, 2.75) is 27.7 Å². The van der Waals surface area contributed by atoms with Crippen molar-refractivity contribution in [1.29, 1.82) is 0 Å². The van der Waals surface area contributed by atoms with E-state index in [1.54, 1.807) is 27.8 Å². The Hall–Kier alpha value is -3.16. The highest BCUT2D eigenvalue weighted by Gasteiger charge is 2.24. The van der Waals surface area contributed by atoms with Gasteiger partial charge in [0.05, 0.1) is 17.9 Å². The van der Waals surface area contributed by atoms with Crippen molar-refractivity contribution in [3.05, 3.63) is 46.0 Å². The fourth-order valence-corrected chi connectivity index (χ4v) is 2.78. The molecule has 0 amide bonds. The molecule has 0 saturated carbocycles. The fraction of sp³-hybridized carbons (Fsp3) is 0.368. The van der Waals surface area contributed by atoms with Crippen LogP contribution in [0.4, 0.5) is 0 Å². The van der Waals surface area contributed by atoms with Gasteiger partial charge in [-0.05, 0) is 39.3 Å². The van der Waals surface area contributed by atoms with E-state index in [9.17, 15) is 19.2 Å².